The number of hydrogen-bond acceptors (Lipinski definition) is 8. The smallest absolute Gasteiger partial charge is 0.407 e. The third kappa shape index (κ3) is 11.2. The van der Waals surface area contributed by atoms with Gasteiger partial charge in [-0.2, -0.15) is 0 Å². The second-order valence-corrected chi connectivity index (χ2v) is 12.5. The first-order chi connectivity index (χ1) is 18.5. The first-order valence-corrected chi connectivity index (χ1v) is 15.6. The van der Waals surface area contributed by atoms with E-state index < -0.39 is 12.1 Å². The van der Waals surface area contributed by atoms with Gasteiger partial charge in [0.2, 0.25) is 0 Å². The van der Waals surface area contributed by atoms with Crippen LogP contribution in [-0.2, 0) is 22.7 Å². The average molecular weight is 580 g/mol. The number of ether oxygens (including phenoxy) is 1. The van der Waals surface area contributed by atoms with E-state index in [0.29, 0.717) is 18.9 Å². The predicted molar refractivity (Wildman–Crippen MR) is 157 cm³/mol. The zero-order valence-electron chi connectivity index (χ0n) is 24.4. The Kier molecular flexibility index (Phi) is 13.9. The molecule has 0 bridgehead atoms. The Balaban J connectivity index is 1.85. The highest BCUT2D eigenvalue weighted by Gasteiger charge is 2.28. The Hall–Kier alpha value is -2.53. The van der Waals surface area contributed by atoms with Crippen LogP contribution in [0.5, 0.6) is 0 Å². The van der Waals surface area contributed by atoms with Crippen LogP contribution in [0.15, 0.2) is 17.1 Å². The summed E-state index contributed by atoms with van der Waals surface area (Å²) < 4.78 is 5.30. The number of amides is 3. The second-order valence-electron chi connectivity index (χ2n) is 10.7. The van der Waals surface area contributed by atoms with Crippen LogP contribution < -0.4 is 10.6 Å². The van der Waals surface area contributed by atoms with Crippen LogP contribution in [0, 0.1) is 11.8 Å². The normalized spacial score (nSPS) is 13.7. The molecule has 0 saturated carbocycles. The minimum Gasteiger partial charge on any atom is -0.444 e. The molecule has 2 N–H and O–H groups in total. The van der Waals surface area contributed by atoms with E-state index in [1.54, 1.807) is 35.0 Å². The van der Waals surface area contributed by atoms with Crippen LogP contribution in [0.25, 0.3) is 0 Å². The molecule has 11 heteroatoms. The lowest BCUT2D eigenvalue weighted by Gasteiger charge is -2.27. The molecule has 2 aromatic heterocycles. The van der Waals surface area contributed by atoms with Gasteiger partial charge < -0.3 is 20.3 Å². The molecule has 39 heavy (non-hydrogen) atoms. The maximum atomic E-state index is 13.3. The minimum absolute atomic E-state index is 0.0284. The number of carbonyl (C=O) groups is 3. The van der Waals surface area contributed by atoms with Crippen LogP contribution in [0.2, 0.25) is 0 Å². The van der Waals surface area contributed by atoms with Crippen LogP contribution >= 0.6 is 22.7 Å². The maximum Gasteiger partial charge on any atom is 0.407 e. The van der Waals surface area contributed by atoms with Crippen molar-refractivity contribution in [2.75, 3.05) is 7.05 Å². The Labute approximate surface area is 241 Å². The van der Waals surface area contributed by atoms with Crippen molar-refractivity contribution in [1.29, 1.82) is 0 Å². The molecule has 2 aromatic rings. The highest BCUT2D eigenvalue weighted by atomic mass is 32.1. The molecule has 0 fully saturated rings. The Morgan fingerprint density at radius 1 is 1.05 bits per heavy atom. The topological polar surface area (TPSA) is 114 Å². The zero-order chi connectivity index (χ0) is 28.9. The third-order valence-corrected chi connectivity index (χ3v) is 8.68. The fourth-order valence-corrected chi connectivity index (χ4v) is 5.51. The molecule has 0 radical (unpaired) electrons. The second kappa shape index (κ2) is 16.5. The van der Waals surface area contributed by atoms with E-state index in [9.17, 15) is 14.4 Å². The highest BCUT2D eigenvalue weighted by Crippen LogP contribution is 2.22. The number of Topliss-reactive ketones (excluding diaryl/α,β-unsaturated/α-hetero) is 1. The molecule has 3 atom stereocenters. The summed E-state index contributed by atoms with van der Waals surface area (Å²) in [6.07, 6.45) is 4.81. The first kappa shape index (κ1) is 32.7. The summed E-state index contributed by atoms with van der Waals surface area (Å²) in [6.45, 7) is 12.8. The number of aromatic nitrogens is 2. The summed E-state index contributed by atoms with van der Waals surface area (Å²) in [5, 5.41) is 8.93. The Bertz CT molecular complexity index is 1030. The Morgan fingerprint density at radius 2 is 1.79 bits per heavy atom. The third-order valence-electron chi connectivity index (χ3n) is 6.74. The van der Waals surface area contributed by atoms with Crippen LogP contribution in [0.3, 0.4) is 0 Å². The van der Waals surface area contributed by atoms with Gasteiger partial charge >= 0.3 is 12.1 Å². The van der Waals surface area contributed by atoms with Crippen LogP contribution in [0.4, 0.5) is 9.59 Å². The van der Waals surface area contributed by atoms with Crippen molar-refractivity contribution in [2.45, 2.75) is 105 Å². The highest BCUT2D eigenvalue weighted by molar-refractivity contribution is 7.09. The minimum atomic E-state index is -0.558. The van der Waals surface area contributed by atoms with Crippen LogP contribution in [0.1, 0.15) is 95.1 Å². The SMILES string of the molecule is CC[C@@H](CC[C@H](CC)NC(=O)OCc1cncs1)CC(=O)[C@@H](NC(=O)N(C)Cc1csc(C(C)C)n1)C(C)C. The number of carbonyl (C=O) groups excluding carboxylic acids is 3. The first-order valence-electron chi connectivity index (χ1n) is 13.8. The van der Waals surface area contributed by atoms with Gasteiger partial charge in [-0.1, -0.05) is 48.0 Å². The molecule has 218 valence electrons. The molecule has 9 nitrogen and oxygen atoms in total. The number of nitrogens with one attached hydrogen (secondary N) is 2. The van der Waals surface area contributed by atoms with E-state index in [4.69, 9.17) is 4.74 Å². The van der Waals surface area contributed by atoms with Gasteiger partial charge in [0, 0.05) is 37.0 Å². The monoisotopic (exact) mass is 579 g/mol. The van der Waals surface area contributed by atoms with Gasteiger partial charge in [-0.05, 0) is 31.1 Å². The quantitative estimate of drug-likeness (QED) is 0.239. The lowest BCUT2D eigenvalue weighted by Crippen LogP contribution is -2.49. The Morgan fingerprint density at radius 3 is 2.36 bits per heavy atom. The summed E-state index contributed by atoms with van der Waals surface area (Å²) in [5.74, 6) is 0.530. The van der Waals surface area contributed by atoms with Gasteiger partial charge in [-0.15, -0.1) is 22.7 Å². The van der Waals surface area contributed by atoms with Crippen molar-refractivity contribution in [1.82, 2.24) is 25.5 Å². The molecule has 3 amide bonds. The van der Waals surface area contributed by atoms with Crippen molar-refractivity contribution in [2.24, 2.45) is 11.8 Å². The standard InChI is InChI=1S/C28H45N5O4S2/c1-8-20(10-11-21(9-2)31-28(36)37-15-23-13-29-17-39-23)12-24(34)25(18(3)4)32-27(35)33(7)14-22-16-38-26(30-22)19(5)6/h13,16-21,25H,8-12,14-15H2,1-7H3,(H,31,36)(H,32,35)/t20-,21-,25-/m0/s1. The van der Waals surface area contributed by atoms with Crippen molar-refractivity contribution in [3.63, 3.8) is 0 Å². The van der Waals surface area contributed by atoms with Crippen LogP contribution in [-0.4, -0.2) is 51.9 Å². The number of rotatable bonds is 16. The van der Waals surface area contributed by atoms with Crippen molar-refractivity contribution < 1.29 is 19.1 Å². The van der Waals surface area contributed by atoms with Gasteiger partial charge in [0.15, 0.2) is 5.78 Å². The van der Waals surface area contributed by atoms with Crippen molar-refractivity contribution >= 4 is 40.6 Å². The maximum absolute atomic E-state index is 13.3. The summed E-state index contributed by atoms with van der Waals surface area (Å²) in [4.78, 5) is 49.5. The average Bonchev–Trinajstić information content (AvgIpc) is 3.59. The molecular weight excluding hydrogens is 534 g/mol. The number of ketones is 1. The molecule has 2 heterocycles. The summed E-state index contributed by atoms with van der Waals surface area (Å²) in [6, 6.07) is -0.863. The molecule has 2 rings (SSSR count). The van der Waals surface area contributed by atoms with E-state index in [2.05, 4.69) is 41.4 Å². The molecule has 0 aliphatic carbocycles. The zero-order valence-corrected chi connectivity index (χ0v) is 26.0. The molecule has 0 aromatic carbocycles. The van der Waals surface area contributed by atoms with Crippen molar-refractivity contribution in [3.8, 4) is 0 Å². The van der Waals surface area contributed by atoms with E-state index in [0.717, 1.165) is 41.3 Å². The molecule has 0 saturated heterocycles. The molecule has 0 spiro atoms. The molecular formula is C28H45N5O4S2. The van der Waals surface area contributed by atoms with Gasteiger partial charge in [0.1, 0.15) is 6.61 Å². The number of nitrogens with zero attached hydrogens (tertiary/aromatic N) is 3. The van der Waals surface area contributed by atoms with E-state index in [-0.39, 0.29) is 36.3 Å². The van der Waals surface area contributed by atoms with Gasteiger partial charge in [0.25, 0.3) is 0 Å². The number of hydrogen-bond donors (Lipinski definition) is 2. The van der Waals surface area contributed by atoms with Gasteiger partial charge in [0.05, 0.1) is 33.7 Å². The summed E-state index contributed by atoms with van der Waals surface area (Å²) in [7, 11) is 1.72. The lowest BCUT2D eigenvalue weighted by atomic mass is 9.87. The van der Waals surface area contributed by atoms with E-state index >= 15 is 0 Å². The number of thiazole rings is 2. The number of urea groups is 1. The van der Waals surface area contributed by atoms with Gasteiger partial charge in [-0.3, -0.25) is 9.78 Å². The fraction of sp³-hybridized carbons (Fsp3) is 0.679. The fourth-order valence-electron chi connectivity index (χ4n) is 4.17. The van der Waals surface area contributed by atoms with E-state index in [1.165, 1.54) is 11.3 Å². The molecule has 0 unspecified atom stereocenters. The molecule has 0 aliphatic rings. The summed E-state index contributed by atoms with van der Waals surface area (Å²) >= 11 is 3.05. The van der Waals surface area contributed by atoms with Gasteiger partial charge in [-0.25, -0.2) is 14.6 Å². The predicted octanol–water partition coefficient (Wildman–Crippen LogP) is 6.36. The van der Waals surface area contributed by atoms with Crippen molar-refractivity contribution in [3.05, 3.63) is 32.7 Å². The largest absolute Gasteiger partial charge is 0.444 e. The molecule has 0 aliphatic heterocycles. The summed E-state index contributed by atoms with van der Waals surface area (Å²) in [5.41, 5.74) is 2.56. The number of alkyl carbamates (subject to hydrolysis) is 1. The lowest BCUT2D eigenvalue weighted by molar-refractivity contribution is -0.122. The van der Waals surface area contributed by atoms with E-state index in [1.807, 2.05) is 26.2 Å².